The van der Waals surface area contributed by atoms with Crippen molar-refractivity contribution in [3.63, 3.8) is 0 Å². The third kappa shape index (κ3) is 5.30. The van der Waals surface area contributed by atoms with E-state index in [2.05, 4.69) is 20.5 Å². The number of hydrogen-bond acceptors (Lipinski definition) is 5. The highest BCUT2D eigenvalue weighted by molar-refractivity contribution is 6.35. The van der Waals surface area contributed by atoms with Gasteiger partial charge in [-0.1, -0.05) is 6.07 Å². The van der Waals surface area contributed by atoms with Crippen LogP contribution >= 0.6 is 0 Å². The first kappa shape index (κ1) is 17.4. The van der Waals surface area contributed by atoms with Crippen molar-refractivity contribution in [3.8, 4) is 0 Å². The maximum atomic E-state index is 11.9. The van der Waals surface area contributed by atoms with Gasteiger partial charge in [0, 0.05) is 38.1 Å². The standard InChI is InChI=1S/C16H24N4O3/c1-12(20-6-8-23-9-7-20)10-18-15(21)16(22)19-13(2)14-4-3-5-17-11-14/h3-5,11-13H,6-10H2,1-2H3,(H,18,21)(H,19,22)/t12-,13+/m1/s1. The summed E-state index contributed by atoms with van der Waals surface area (Å²) in [4.78, 5) is 30.1. The van der Waals surface area contributed by atoms with Gasteiger partial charge in [-0.05, 0) is 25.5 Å². The van der Waals surface area contributed by atoms with Crippen LogP contribution in [-0.4, -0.2) is 60.6 Å². The van der Waals surface area contributed by atoms with Crippen LogP contribution in [0.5, 0.6) is 0 Å². The van der Waals surface area contributed by atoms with Gasteiger partial charge in [0.1, 0.15) is 0 Å². The molecule has 1 aromatic rings. The molecule has 2 N–H and O–H groups in total. The molecule has 1 saturated heterocycles. The normalized spacial score (nSPS) is 18.0. The van der Waals surface area contributed by atoms with Gasteiger partial charge in [-0.3, -0.25) is 19.5 Å². The fourth-order valence-corrected chi connectivity index (χ4v) is 2.45. The Bertz CT molecular complexity index is 517. The molecule has 7 heteroatoms. The predicted molar refractivity (Wildman–Crippen MR) is 85.7 cm³/mol. The summed E-state index contributed by atoms with van der Waals surface area (Å²) in [5.74, 6) is -1.24. The molecule has 0 bridgehead atoms. The molecule has 2 amide bonds. The van der Waals surface area contributed by atoms with E-state index in [1.54, 1.807) is 18.5 Å². The van der Waals surface area contributed by atoms with Gasteiger partial charge in [0.2, 0.25) is 0 Å². The van der Waals surface area contributed by atoms with Crippen LogP contribution in [0.3, 0.4) is 0 Å². The van der Waals surface area contributed by atoms with E-state index >= 15 is 0 Å². The van der Waals surface area contributed by atoms with E-state index in [-0.39, 0.29) is 12.1 Å². The number of nitrogens with zero attached hydrogens (tertiary/aromatic N) is 2. The number of rotatable bonds is 5. The van der Waals surface area contributed by atoms with Crippen molar-refractivity contribution in [2.75, 3.05) is 32.8 Å². The number of carbonyl (C=O) groups excluding carboxylic acids is 2. The van der Waals surface area contributed by atoms with E-state index in [1.807, 2.05) is 19.9 Å². The van der Waals surface area contributed by atoms with Crippen LogP contribution in [-0.2, 0) is 14.3 Å². The highest BCUT2D eigenvalue weighted by Crippen LogP contribution is 2.09. The molecule has 23 heavy (non-hydrogen) atoms. The van der Waals surface area contributed by atoms with Crippen molar-refractivity contribution in [1.82, 2.24) is 20.5 Å². The number of aromatic nitrogens is 1. The Morgan fingerprint density at radius 2 is 2.04 bits per heavy atom. The average Bonchev–Trinajstić information content (AvgIpc) is 2.60. The fraction of sp³-hybridized carbons (Fsp3) is 0.562. The van der Waals surface area contributed by atoms with Gasteiger partial charge < -0.3 is 15.4 Å². The van der Waals surface area contributed by atoms with E-state index < -0.39 is 11.8 Å². The molecule has 1 fully saturated rings. The third-order valence-corrected chi connectivity index (χ3v) is 3.97. The summed E-state index contributed by atoms with van der Waals surface area (Å²) in [5.41, 5.74) is 0.857. The molecule has 1 aromatic heterocycles. The predicted octanol–water partition coefficient (Wildman–Crippen LogP) is 0.0957. The first-order valence-corrected chi connectivity index (χ1v) is 7.88. The lowest BCUT2D eigenvalue weighted by atomic mass is 10.1. The molecule has 0 unspecified atom stereocenters. The van der Waals surface area contributed by atoms with E-state index in [1.165, 1.54) is 0 Å². The molecular weight excluding hydrogens is 296 g/mol. The van der Waals surface area contributed by atoms with Gasteiger partial charge in [-0.25, -0.2) is 0 Å². The first-order valence-electron chi connectivity index (χ1n) is 7.88. The highest BCUT2D eigenvalue weighted by atomic mass is 16.5. The van der Waals surface area contributed by atoms with Gasteiger partial charge in [0.15, 0.2) is 0 Å². The van der Waals surface area contributed by atoms with Crippen LogP contribution in [0.15, 0.2) is 24.5 Å². The van der Waals surface area contributed by atoms with Crippen molar-refractivity contribution < 1.29 is 14.3 Å². The molecule has 1 aliphatic heterocycles. The average molecular weight is 320 g/mol. The largest absolute Gasteiger partial charge is 0.379 e. The first-order chi connectivity index (χ1) is 11.1. The van der Waals surface area contributed by atoms with E-state index in [9.17, 15) is 9.59 Å². The molecule has 126 valence electrons. The second kappa shape index (κ2) is 8.59. The molecule has 0 spiro atoms. The summed E-state index contributed by atoms with van der Waals surface area (Å²) in [5, 5.41) is 5.36. The maximum Gasteiger partial charge on any atom is 0.309 e. The molecule has 2 rings (SSSR count). The topological polar surface area (TPSA) is 83.6 Å². The van der Waals surface area contributed by atoms with Gasteiger partial charge in [-0.2, -0.15) is 0 Å². The summed E-state index contributed by atoms with van der Waals surface area (Å²) in [6.45, 7) is 7.40. The number of nitrogens with one attached hydrogen (secondary N) is 2. The minimum Gasteiger partial charge on any atom is -0.379 e. The maximum absolute atomic E-state index is 11.9. The highest BCUT2D eigenvalue weighted by Gasteiger charge is 2.20. The quantitative estimate of drug-likeness (QED) is 0.752. The van der Waals surface area contributed by atoms with Crippen LogP contribution in [0.4, 0.5) is 0 Å². The van der Waals surface area contributed by atoms with Crippen LogP contribution in [0, 0.1) is 0 Å². The summed E-state index contributed by atoms with van der Waals surface area (Å²) in [6.07, 6.45) is 3.33. The van der Waals surface area contributed by atoms with Gasteiger partial charge in [0.25, 0.3) is 0 Å². The molecule has 2 atom stereocenters. The zero-order valence-electron chi connectivity index (χ0n) is 13.6. The number of carbonyl (C=O) groups is 2. The SMILES string of the molecule is C[C@H](NC(=O)C(=O)NC[C@@H](C)N1CCOCC1)c1cccnc1. The lowest BCUT2D eigenvalue weighted by molar-refractivity contribution is -0.139. The Hall–Kier alpha value is -1.99. The smallest absolute Gasteiger partial charge is 0.309 e. The Balaban J connectivity index is 1.75. The minimum absolute atomic E-state index is 0.173. The molecule has 0 aliphatic carbocycles. The van der Waals surface area contributed by atoms with Gasteiger partial charge >= 0.3 is 11.8 Å². The molecule has 7 nitrogen and oxygen atoms in total. The second-order valence-corrected chi connectivity index (χ2v) is 5.69. The summed E-state index contributed by atoms with van der Waals surface area (Å²) in [7, 11) is 0. The molecule has 1 aliphatic rings. The Morgan fingerprint density at radius 3 is 2.70 bits per heavy atom. The van der Waals surface area contributed by atoms with Crippen LogP contribution in [0.2, 0.25) is 0 Å². The van der Waals surface area contributed by atoms with Crippen molar-refractivity contribution in [1.29, 1.82) is 0 Å². The van der Waals surface area contributed by atoms with Crippen LogP contribution in [0.25, 0.3) is 0 Å². The number of amides is 2. The molecule has 2 heterocycles. The Kier molecular flexibility index (Phi) is 6.49. The molecule has 0 saturated carbocycles. The zero-order valence-corrected chi connectivity index (χ0v) is 13.6. The monoisotopic (exact) mass is 320 g/mol. The summed E-state index contributed by atoms with van der Waals surface area (Å²) >= 11 is 0. The molecule has 0 aromatic carbocycles. The summed E-state index contributed by atoms with van der Waals surface area (Å²) < 4.78 is 5.30. The molecular formula is C16H24N4O3. The third-order valence-electron chi connectivity index (χ3n) is 3.97. The number of hydrogen-bond donors (Lipinski definition) is 2. The lowest BCUT2D eigenvalue weighted by Gasteiger charge is -2.32. The van der Waals surface area contributed by atoms with Crippen LogP contribution in [0.1, 0.15) is 25.5 Å². The summed E-state index contributed by atoms with van der Waals surface area (Å²) in [6, 6.07) is 3.56. The van der Waals surface area contributed by atoms with Gasteiger partial charge in [0.05, 0.1) is 19.3 Å². The zero-order chi connectivity index (χ0) is 16.7. The van der Waals surface area contributed by atoms with Crippen molar-refractivity contribution in [2.45, 2.75) is 25.9 Å². The van der Waals surface area contributed by atoms with Crippen molar-refractivity contribution in [3.05, 3.63) is 30.1 Å². The van der Waals surface area contributed by atoms with Crippen molar-refractivity contribution in [2.24, 2.45) is 0 Å². The van der Waals surface area contributed by atoms with E-state index in [0.29, 0.717) is 19.8 Å². The molecule has 0 radical (unpaired) electrons. The van der Waals surface area contributed by atoms with Gasteiger partial charge in [-0.15, -0.1) is 0 Å². The Morgan fingerprint density at radius 1 is 1.30 bits per heavy atom. The number of ether oxygens (including phenoxy) is 1. The van der Waals surface area contributed by atoms with E-state index in [4.69, 9.17) is 4.74 Å². The van der Waals surface area contributed by atoms with Crippen molar-refractivity contribution >= 4 is 11.8 Å². The van der Waals surface area contributed by atoms with E-state index in [0.717, 1.165) is 18.7 Å². The second-order valence-electron chi connectivity index (χ2n) is 5.69. The lowest BCUT2D eigenvalue weighted by Crippen LogP contribution is -2.49. The number of morpholine rings is 1. The fourth-order valence-electron chi connectivity index (χ4n) is 2.45. The van der Waals surface area contributed by atoms with Crippen LogP contribution < -0.4 is 10.6 Å². The number of pyridine rings is 1. The Labute approximate surface area is 136 Å². The minimum atomic E-state index is -0.629.